The molecule has 31 heavy (non-hydrogen) atoms. The molecule has 0 saturated heterocycles. The molecule has 0 saturated carbocycles. The Balaban J connectivity index is 1.72. The average molecular weight is 413 g/mol. The van der Waals surface area contributed by atoms with Crippen LogP contribution in [-0.4, -0.2) is 19.4 Å². The quantitative estimate of drug-likeness (QED) is 0.357. The normalized spacial score (nSPS) is 11.8. The molecule has 4 aromatic heterocycles. The molecular formula is C26H25FN4. The highest BCUT2D eigenvalue weighted by Gasteiger charge is 2.18. The first-order chi connectivity index (χ1) is 14.8. The molecular weight excluding hydrogens is 387 g/mol. The number of H-pyrrole nitrogens is 1. The predicted octanol–water partition coefficient (Wildman–Crippen LogP) is 6.73. The average Bonchev–Trinajstić information content (AvgIpc) is 3.26. The van der Waals surface area contributed by atoms with Gasteiger partial charge in [-0.3, -0.25) is 4.98 Å². The van der Waals surface area contributed by atoms with E-state index < -0.39 is 0 Å². The summed E-state index contributed by atoms with van der Waals surface area (Å²) in [6.45, 7) is 10.3. The number of fused-ring (bicyclic) bond motifs is 2. The van der Waals surface area contributed by atoms with E-state index in [0.717, 1.165) is 50.4 Å². The second-order valence-corrected chi connectivity index (χ2v) is 8.66. The van der Waals surface area contributed by atoms with Gasteiger partial charge in [0.2, 0.25) is 0 Å². The van der Waals surface area contributed by atoms with Crippen molar-refractivity contribution in [3.63, 3.8) is 0 Å². The summed E-state index contributed by atoms with van der Waals surface area (Å²) in [4.78, 5) is 12.4. The van der Waals surface area contributed by atoms with E-state index in [2.05, 4.69) is 53.1 Å². The smallest absolute Gasteiger partial charge is 0.173 e. The third-order valence-electron chi connectivity index (χ3n) is 5.75. The molecule has 0 unspecified atom stereocenters. The highest BCUT2D eigenvalue weighted by atomic mass is 19.1. The van der Waals surface area contributed by atoms with E-state index in [-0.39, 0.29) is 5.82 Å². The molecule has 0 atom stereocenters. The summed E-state index contributed by atoms with van der Waals surface area (Å²) in [5.74, 6) is 0.00978. The number of aromatic amines is 1. The summed E-state index contributed by atoms with van der Waals surface area (Å²) in [5, 5.41) is 1.16. The highest BCUT2D eigenvalue weighted by Crippen LogP contribution is 2.38. The third-order valence-corrected chi connectivity index (χ3v) is 5.75. The van der Waals surface area contributed by atoms with Gasteiger partial charge in [-0.15, -0.1) is 0 Å². The Morgan fingerprint density at radius 2 is 1.58 bits per heavy atom. The van der Waals surface area contributed by atoms with Crippen LogP contribution in [0.3, 0.4) is 0 Å². The summed E-state index contributed by atoms with van der Waals surface area (Å²) < 4.78 is 16.4. The number of halogens is 1. The fraction of sp³-hybridized carbons (Fsp3) is 0.231. The van der Waals surface area contributed by atoms with Crippen molar-refractivity contribution in [1.29, 1.82) is 0 Å². The van der Waals surface area contributed by atoms with Crippen LogP contribution in [0.5, 0.6) is 0 Å². The van der Waals surface area contributed by atoms with Crippen LogP contribution in [0, 0.1) is 26.6 Å². The molecule has 0 bridgehead atoms. The van der Waals surface area contributed by atoms with Crippen LogP contribution in [-0.2, 0) is 0 Å². The summed E-state index contributed by atoms with van der Waals surface area (Å²) in [6, 6.07) is 12.1. The van der Waals surface area contributed by atoms with Gasteiger partial charge >= 0.3 is 0 Å². The number of aryl methyl sites for hydroxylation is 3. The maximum absolute atomic E-state index is 14.7. The lowest BCUT2D eigenvalue weighted by Crippen LogP contribution is -1.93. The first kappa shape index (κ1) is 19.5. The zero-order chi connectivity index (χ0) is 21.9. The first-order valence-electron chi connectivity index (χ1n) is 10.6. The molecule has 0 spiro atoms. The van der Waals surface area contributed by atoms with Crippen molar-refractivity contribution in [2.24, 2.45) is 0 Å². The molecule has 0 radical (unpaired) electrons. The van der Waals surface area contributed by atoms with Crippen molar-refractivity contribution in [2.75, 3.05) is 0 Å². The number of hydrogen-bond acceptors (Lipinski definition) is 2. The number of imidazole rings is 1. The maximum Gasteiger partial charge on any atom is 0.173 e. The molecule has 4 heterocycles. The van der Waals surface area contributed by atoms with Crippen molar-refractivity contribution in [1.82, 2.24) is 19.4 Å². The Labute approximate surface area is 180 Å². The van der Waals surface area contributed by atoms with Gasteiger partial charge in [-0.25, -0.2) is 9.37 Å². The summed E-state index contributed by atoms with van der Waals surface area (Å²) >= 11 is 0. The molecule has 5 aromatic rings. The van der Waals surface area contributed by atoms with Gasteiger partial charge in [0, 0.05) is 45.8 Å². The second-order valence-electron chi connectivity index (χ2n) is 8.66. The summed E-state index contributed by atoms with van der Waals surface area (Å²) in [6.07, 6.45) is 3.79. The fourth-order valence-electron chi connectivity index (χ4n) is 4.54. The van der Waals surface area contributed by atoms with Gasteiger partial charge in [0.25, 0.3) is 0 Å². The zero-order valence-corrected chi connectivity index (χ0v) is 18.4. The second kappa shape index (κ2) is 7.05. The van der Waals surface area contributed by atoms with Gasteiger partial charge < -0.3 is 9.38 Å². The Hall–Kier alpha value is -3.47. The highest BCUT2D eigenvalue weighted by molar-refractivity contribution is 5.94. The number of hydrogen-bond donors (Lipinski definition) is 1. The van der Waals surface area contributed by atoms with Crippen LogP contribution in [0.15, 0.2) is 48.8 Å². The molecule has 0 fully saturated rings. The SMILES string of the molecule is Cc1cc(-c2[nH]c3ccc(-c4cc(F)c5nc(C)cn5c4)cc3c2C(C)C)cc(C)n1. The number of pyridine rings is 2. The minimum absolute atomic E-state index is 0.313. The molecule has 156 valence electrons. The van der Waals surface area contributed by atoms with E-state index >= 15 is 0 Å². The van der Waals surface area contributed by atoms with Crippen molar-refractivity contribution in [2.45, 2.75) is 40.5 Å². The van der Waals surface area contributed by atoms with Crippen LogP contribution in [0.25, 0.3) is 38.9 Å². The topological polar surface area (TPSA) is 46.0 Å². The minimum Gasteiger partial charge on any atom is -0.354 e. The van der Waals surface area contributed by atoms with E-state index in [0.29, 0.717) is 11.6 Å². The lowest BCUT2D eigenvalue weighted by Gasteiger charge is -2.10. The predicted molar refractivity (Wildman–Crippen MR) is 124 cm³/mol. The first-order valence-corrected chi connectivity index (χ1v) is 10.6. The van der Waals surface area contributed by atoms with Crippen LogP contribution in [0.2, 0.25) is 0 Å². The molecule has 1 N–H and O–H groups in total. The van der Waals surface area contributed by atoms with Crippen LogP contribution >= 0.6 is 0 Å². The molecule has 0 amide bonds. The lowest BCUT2D eigenvalue weighted by atomic mass is 9.94. The lowest BCUT2D eigenvalue weighted by molar-refractivity contribution is 0.630. The molecule has 5 heteroatoms. The molecule has 5 rings (SSSR count). The van der Waals surface area contributed by atoms with Crippen LogP contribution in [0.4, 0.5) is 4.39 Å². The van der Waals surface area contributed by atoms with Gasteiger partial charge in [0.15, 0.2) is 11.5 Å². The molecule has 0 aliphatic rings. The van der Waals surface area contributed by atoms with E-state index in [1.807, 2.05) is 39.2 Å². The molecule has 0 aliphatic carbocycles. The standard InChI is InChI=1S/C26H25FN4/c1-14(2)24-21-10-18(20-11-22(27)26-29-17(5)12-31(26)13-20)6-7-23(21)30-25(24)19-8-15(3)28-16(4)9-19/h6-14,30H,1-5H3. The van der Waals surface area contributed by atoms with E-state index in [1.165, 1.54) is 5.56 Å². The van der Waals surface area contributed by atoms with E-state index in [4.69, 9.17) is 0 Å². The zero-order valence-electron chi connectivity index (χ0n) is 18.4. The van der Waals surface area contributed by atoms with Crippen LogP contribution < -0.4 is 0 Å². The van der Waals surface area contributed by atoms with Gasteiger partial charge in [-0.05, 0) is 68.1 Å². The number of aromatic nitrogens is 4. The molecule has 0 aliphatic heterocycles. The number of rotatable bonds is 3. The van der Waals surface area contributed by atoms with E-state index in [9.17, 15) is 4.39 Å². The van der Waals surface area contributed by atoms with Crippen molar-refractivity contribution in [3.05, 3.63) is 77.3 Å². The summed E-state index contributed by atoms with van der Waals surface area (Å²) in [7, 11) is 0. The Morgan fingerprint density at radius 3 is 2.29 bits per heavy atom. The minimum atomic E-state index is -0.313. The van der Waals surface area contributed by atoms with E-state index in [1.54, 1.807) is 10.5 Å². The Bertz CT molecular complexity index is 1440. The largest absolute Gasteiger partial charge is 0.354 e. The van der Waals surface area contributed by atoms with Crippen molar-refractivity contribution < 1.29 is 4.39 Å². The van der Waals surface area contributed by atoms with Gasteiger partial charge in [0.05, 0.1) is 11.4 Å². The number of benzene rings is 1. The van der Waals surface area contributed by atoms with Crippen molar-refractivity contribution >= 4 is 16.6 Å². The molecule has 1 aromatic carbocycles. The van der Waals surface area contributed by atoms with Crippen LogP contribution in [0.1, 0.15) is 42.4 Å². The maximum atomic E-state index is 14.7. The molecule has 4 nitrogen and oxygen atoms in total. The summed E-state index contributed by atoms with van der Waals surface area (Å²) in [5.41, 5.74) is 9.59. The Kier molecular flexibility index (Phi) is 4.43. The van der Waals surface area contributed by atoms with Gasteiger partial charge in [-0.2, -0.15) is 0 Å². The monoisotopic (exact) mass is 412 g/mol. The third kappa shape index (κ3) is 3.30. The van der Waals surface area contributed by atoms with Gasteiger partial charge in [0.1, 0.15) is 0 Å². The number of nitrogens with zero attached hydrogens (tertiary/aromatic N) is 3. The van der Waals surface area contributed by atoms with Gasteiger partial charge in [-0.1, -0.05) is 19.9 Å². The Morgan fingerprint density at radius 1 is 0.839 bits per heavy atom. The fourth-order valence-corrected chi connectivity index (χ4v) is 4.54. The van der Waals surface area contributed by atoms with Crippen molar-refractivity contribution in [3.8, 4) is 22.4 Å². The number of nitrogens with one attached hydrogen (secondary N) is 1.